The summed E-state index contributed by atoms with van der Waals surface area (Å²) in [5.41, 5.74) is 1.15. The van der Waals surface area contributed by atoms with Crippen molar-refractivity contribution in [2.75, 3.05) is 27.9 Å². The van der Waals surface area contributed by atoms with Crippen molar-refractivity contribution in [3.63, 3.8) is 0 Å². The summed E-state index contributed by atoms with van der Waals surface area (Å²) >= 11 is 0. The van der Waals surface area contributed by atoms with E-state index in [1.807, 2.05) is 18.2 Å². The zero-order valence-electron chi connectivity index (χ0n) is 12.0. The molecular formula is C15H23NO3. The van der Waals surface area contributed by atoms with E-state index in [0.717, 1.165) is 43.0 Å². The number of benzene rings is 1. The fourth-order valence-electron chi connectivity index (χ4n) is 2.47. The first-order valence-corrected chi connectivity index (χ1v) is 6.70. The van der Waals surface area contributed by atoms with Crippen LogP contribution >= 0.6 is 0 Å². The third-order valence-electron chi connectivity index (χ3n) is 3.95. The Balaban J connectivity index is 1.94. The summed E-state index contributed by atoms with van der Waals surface area (Å²) < 4.78 is 16.2. The molecule has 19 heavy (non-hydrogen) atoms. The average molecular weight is 265 g/mol. The van der Waals surface area contributed by atoms with Crippen molar-refractivity contribution in [2.24, 2.45) is 0 Å². The largest absolute Gasteiger partial charge is 0.497 e. The van der Waals surface area contributed by atoms with E-state index in [0.29, 0.717) is 0 Å². The van der Waals surface area contributed by atoms with Gasteiger partial charge in [-0.3, -0.25) is 0 Å². The van der Waals surface area contributed by atoms with E-state index in [9.17, 15) is 0 Å². The van der Waals surface area contributed by atoms with Gasteiger partial charge in [0.1, 0.15) is 11.5 Å². The third-order valence-corrected chi connectivity index (χ3v) is 3.95. The Morgan fingerprint density at radius 2 is 1.95 bits per heavy atom. The molecule has 0 unspecified atom stereocenters. The zero-order chi connectivity index (χ0) is 13.7. The Morgan fingerprint density at radius 3 is 2.47 bits per heavy atom. The lowest BCUT2D eigenvalue weighted by Crippen LogP contribution is -2.47. The highest BCUT2D eigenvalue weighted by molar-refractivity contribution is 5.40. The van der Waals surface area contributed by atoms with E-state index in [-0.39, 0.29) is 5.60 Å². The summed E-state index contributed by atoms with van der Waals surface area (Å²) in [6, 6.07) is 5.85. The topological polar surface area (TPSA) is 39.7 Å². The SMILES string of the molecule is COc1ccc(OC)c(CNCC2(OC)CCC2)c1. The zero-order valence-corrected chi connectivity index (χ0v) is 12.0. The first-order chi connectivity index (χ1) is 9.23. The molecule has 0 atom stereocenters. The van der Waals surface area contributed by atoms with Crippen molar-refractivity contribution in [1.82, 2.24) is 5.32 Å². The van der Waals surface area contributed by atoms with Gasteiger partial charge in [-0.25, -0.2) is 0 Å². The van der Waals surface area contributed by atoms with Crippen LogP contribution in [0.25, 0.3) is 0 Å². The van der Waals surface area contributed by atoms with Crippen molar-refractivity contribution in [3.8, 4) is 11.5 Å². The number of methoxy groups -OCH3 is 3. The van der Waals surface area contributed by atoms with Crippen LogP contribution in [0.15, 0.2) is 18.2 Å². The second-order valence-corrected chi connectivity index (χ2v) is 5.02. The van der Waals surface area contributed by atoms with Crippen LogP contribution in [0.5, 0.6) is 11.5 Å². The van der Waals surface area contributed by atoms with Gasteiger partial charge in [-0.1, -0.05) is 0 Å². The lowest BCUT2D eigenvalue weighted by molar-refractivity contribution is -0.0695. The number of ether oxygens (including phenoxy) is 3. The Bertz CT molecular complexity index is 410. The third kappa shape index (κ3) is 3.19. The Kier molecular flexibility index (Phi) is 4.66. The molecule has 0 spiro atoms. The monoisotopic (exact) mass is 265 g/mol. The molecule has 1 aromatic rings. The van der Waals surface area contributed by atoms with Gasteiger partial charge in [-0.15, -0.1) is 0 Å². The lowest BCUT2D eigenvalue weighted by Gasteiger charge is -2.40. The second-order valence-electron chi connectivity index (χ2n) is 5.02. The molecular weight excluding hydrogens is 242 g/mol. The van der Waals surface area contributed by atoms with Gasteiger partial charge < -0.3 is 19.5 Å². The van der Waals surface area contributed by atoms with E-state index >= 15 is 0 Å². The highest BCUT2D eigenvalue weighted by Gasteiger charge is 2.36. The molecule has 0 aromatic heterocycles. The first-order valence-electron chi connectivity index (χ1n) is 6.70. The van der Waals surface area contributed by atoms with Crippen LogP contribution in [0.4, 0.5) is 0 Å². The summed E-state index contributed by atoms with van der Waals surface area (Å²) in [6.07, 6.45) is 3.55. The molecule has 0 bridgehead atoms. The van der Waals surface area contributed by atoms with E-state index < -0.39 is 0 Å². The molecule has 0 saturated heterocycles. The highest BCUT2D eigenvalue weighted by Crippen LogP contribution is 2.34. The number of hydrogen-bond donors (Lipinski definition) is 1. The fraction of sp³-hybridized carbons (Fsp3) is 0.600. The quantitative estimate of drug-likeness (QED) is 0.821. The maximum atomic E-state index is 5.59. The predicted octanol–water partition coefficient (Wildman–Crippen LogP) is 2.36. The van der Waals surface area contributed by atoms with Gasteiger partial charge in [-0.2, -0.15) is 0 Å². The normalized spacial score (nSPS) is 16.8. The van der Waals surface area contributed by atoms with Crippen molar-refractivity contribution in [2.45, 2.75) is 31.4 Å². The summed E-state index contributed by atoms with van der Waals surface area (Å²) in [6.45, 7) is 1.63. The van der Waals surface area contributed by atoms with Gasteiger partial charge >= 0.3 is 0 Å². The van der Waals surface area contributed by atoms with Crippen LogP contribution in [0.3, 0.4) is 0 Å². The molecule has 106 valence electrons. The Hall–Kier alpha value is -1.26. The van der Waals surface area contributed by atoms with Gasteiger partial charge in [0.2, 0.25) is 0 Å². The van der Waals surface area contributed by atoms with E-state index in [2.05, 4.69) is 5.32 Å². The smallest absolute Gasteiger partial charge is 0.123 e. The minimum atomic E-state index is 0.0477. The van der Waals surface area contributed by atoms with Crippen molar-refractivity contribution >= 4 is 0 Å². The molecule has 1 fully saturated rings. The van der Waals surface area contributed by atoms with E-state index in [4.69, 9.17) is 14.2 Å². The lowest BCUT2D eigenvalue weighted by atomic mass is 9.80. The van der Waals surface area contributed by atoms with Gasteiger partial charge in [0, 0.05) is 25.8 Å². The number of hydrogen-bond acceptors (Lipinski definition) is 4. The molecule has 0 aliphatic heterocycles. The minimum absolute atomic E-state index is 0.0477. The molecule has 1 N–H and O–H groups in total. The summed E-state index contributed by atoms with van der Waals surface area (Å²) in [7, 11) is 5.16. The summed E-state index contributed by atoms with van der Waals surface area (Å²) in [5.74, 6) is 1.73. The van der Waals surface area contributed by atoms with Gasteiger partial charge in [0.05, 0.1) is 19.8 Å². The van der Waals surface area contributed by atoms with Gasteiger partial charge in [-0.05, 0) is 37.5 Å². The maximum Gasteiger partial charge on any atom is 0.123 e. The first kappa shape index (κ1) is 14.2. The van der Waals surface area contributed by atoms with Crippen LogP contribution in [-0.4, -0.2) is 33.5 Å². The molecule has 1 aromatic carbocycles. The van der Waals surface area contributed by atoms with Crippen molar-refractivity contribution < 1.29 is 14.2 Å². The molecule has 0 amide bonds. The molecule has 1 aliphatic carbocycles. The van der Waals surface area contributed by atoms with Crippen LogP contribution in [-0.2, 0) is 11.3 Å². The van der Waals surface area contributed by atoms with Crippen LogP contribution in [0.1, 0.15) is 24.8 Å². The fourth-order valence-corrected chi connectivity index (χ4v) is 2.47. The van der Waals surface area contributed by atoms with Crippen LogP contribution in [0, 0.1) is 0 Å². The highest BCUT2D eigenvalue weighted by atomic mass is 16.5. The van der Waals surface area contributed by atoms with Gasteiger partial charge in [0.25, 0.3) is 0 Å². The molecule has 1 aliphatic rings. The molecule has 2 rings (SSSR count). The molecule has 0 heterocycles. The summed E-state index contributed by atoms with van der Waals surface area (Å²) in [4.78, 5) is 0. The molecule has 0 radical (unpaired) electrons. The van der Waals surface area contributed by atoms with Gasteiger partial charge in [0.15, 0.2) is 0 Å². The van der Waals surface area contributed by atoms with Crippen LogP contribution in [0.2, 0.25) is 0 Å². The van der Waals surface area contributed by atoms with Crippen LogP contribution < -0.4 is 14.8 Å². The Morgan fingerprint density at radius 1 is 1.16 bits per heavy atom. The predicted molar refractivity (Wildman–Crippen MR) is 74.8 cm³/mol. The van der Waals surface area contributed by atoms with E-state index in [1.54, 1.807) is 21.3 Å². The minimum Gasteiger partial charge on any atom is -0.497 e. The van der Waals surface area contributed by atoms with E-state index in [1.165, 1.54) is 6.42 Å². The molecule has 1 saturated carbocycles. The average Bonchev–Trinajstić information content (AvgIpc) is 2.41. The number of nitrogens with one attached hydrogen (secondary N) is 1. The van der Waals surface area contributed by atoms with Crippen molar-refractivity contribution in [1.29, 1.82) is 0 Å². The molecule has 4 heteroatoms. The Labute approximate surface area is 115 Å². The summed E-state index contributed by atoms with van der Waals surface area (Å²) in [5, 5.41) is 3.46. The standard InChI is InChI=1S/C15H23NO3/c1-17-13-5-6-14(18-2)12(9-13)10-16-11-15(19-3)7-4-8-15/h5-6,9,16H,4,7-8,10-11H2,1-3H3. The second kappa shape index (κ2) is 6.26. The van der Waals surface area contributed by atoms with Crippen molar-refractivity contribution in [3.05, 3.63) is 23.8 Å². The number of rotatable bonds is 7. The maximum absolute atomic E-state index is 5.59. The molecule has 4 nitrogen and oxygen atoms in total.